The van der Waals surface area contributed by atoms with Gasteiger partial charge in [-0.25, -0.2) is 9.78 Å². The van der Waals surface area contributed by atoms with Crippen molar-refractivity contribution in [3.8, 4) is 0 Å². The Labute approximate surface area is 114 Å². The second-order valence-corrected chi connectivity index (χ2v) is 4.63. The van der Waals surface area contributed by atoms with Crippen LogP contribution in [-0.2, 0) is 0 Å². The lowest BCUT2D eigenvalue weighted by Crippen LogP contribution is -2.27. The molecule has 0 aliphatic heterocycles. The second kappa shape index (κ2) is 7.61. The Bertz CT molecular complexity index is 413. The molecule has 5 heteroatoms. The zero-order valence-corrected chi connectivity index (χ0v) is 11.7. The van der Waals surface area contributed by atoms with Gasteiger partial charge in [0.05, 0.1) is 17.4 Å². The van der Waals surface area contributed by atoms with Gasteiger partial charge in [0.15, 0.2) is 0 Å². The number of carboxylic acid groups (broad SMARTS) is 1. The van der Waals surface area contributed by atoms with Gasteiger partial charge in [0, 0.05) is 13.1 Å². The average Bonchev–Trinajstić information content (AvgIpc) is 2.39. The predicted molar refractivity (Wildman–Crippen MR) is 77.6 cm³/mol. The van der Waals surface area contributed by atoms with E-state index < -0.39 is 5.97 Å². The monoisotopic (exact) mass is 265 g/mol. The maximum atomic E-state index is 11.3. The van der Waals surface area contributed by atoms with Crippen LogP contribution in [0.15, 0.2) is 12.3 Å². The molecule has 19 heavy (non-hydrogen) atoms. The number of nitrogens with two attached hydrogens (primary N) is 1. The summed E-state index contributed by atoms with van der Waals surface area (Å²) in [6.07, 6.45) is 5.80. The Morgan fingerprint density at radius 3 is 2.37 bits per heavy atom. The first kappa shape index (κ1) is 15.3. The lowest BCUT2D eigenvalue weighted by Gasteiger charge is -2.25. The van der Waals surface area contributed by atoms with Crippen LogP contribution in [0, 0.1) is 0 Å². The molecule has 3 N–H and O–H groups in total. The number of carbonyl (C=O) groups is 1. The fraction of sp³-hybridized carbons (Fsp3) is 0.571. The lowest BCUT2D eigenvalue weighted by molar-refractivity contribution is 0.0697. The van der Waals surface area contributed by atoms with E-state index in [1.54, 1.807) is 6.20 Å². The number of unbranched alkanes of at least 4 members (excludes halogenated alkanes) is 2. The standard InChI is InChI=1S/C14H23N3O2/c1-3-5-7-17(8-6-4-2)12-10-16-13(15)9-11(12)14(18)19/h9-10H,3-8H2,1-2H3,(H2,15,16)(H,18,19). The molecule has 0 amide bonds. The van der Waals surface area contributed by atoms with Gasteiger partial charge in [-0.3, -0.25) is 0 Å². The van der Waals surface area contributed by atoms with Crippen molar-refractivity contribution in [2.24, 2.45) is 0 Å². The molecule has 0 saturated carbocycles. The molecule has 1 aromatic rings. The van der Waals surface area contributed by atoms with Crippen LogP contribution < -0.4 is 10.6 Å². The van der Waals surface area contributed by atoms with E-state index in [0.29, 0.717) is 5.69 Å². The van der Waals surface area contributed by atoms with Crippen LogP contribution in [0.5, 0.6) is 0 Å². The van der Waals surface area contributed by atoms with Gasteiger partial charge in [0.1, 0.15) is 5.82 Å². The molecule has 1 aromatic heterocycles. The fourth-order valence-corrected chi connectivity index (χ4v) is 1.94. The van der Waals surface area contributed by atoms with Gasteiger partial charge in [-0.1, -0.05) is 26.7 Å². The van der Waals surface area contributed by atoms with Gasteiger partial charge in [0.2, 0.25) is 0 Å². The summed E-state index contributed by atoms with van der Waals surface area (Å²) < 4.78 is 0. The molecule has 0 aromatic carbocycles. The third-order valence-corrected chi connectivity index (χ3v) is 3.04. The predicted octanol–water partition coefficient (Wildman–Crippen LogP) is 2.77. The summed E-state index contributed by atoms with van der Waals surface area (Å²) in [6, 6.07) is 1.43. The molecule has 1 rings (SSSR count). The Morgan fingerprint density at radius 1 is 1.32 bits per heavy atom. The van der Waals surface area contributed by atoms with Crippen molar-refractivity contribution in [1.82, 2.24) is 4.98 Å². The molecule has 0 bridgehead atoms. The SMILES string of the molecule is CCCCN(CCCC)c1cnc(N)cc1C(=O)O. The lowest BCUT2D eigenvalue weighted by atomic mass is 10.1. The third kappa shape index (κ3) is 4.43. The molecule has 0 spiro atoms. The summed E-state index contributed by atoms with van der Waals surface area (Å²) in [7, 11) is 0. The number of anilines is 2. The van der Waals surface area contributed by atoms with Crippen LogP contribution in [0.3, 0.4) is 0 Å². The zero-order valence-electron chi connectivity index (χ0n) is 11.7. The number of aromatic nitrogens is 1. The van der Waals surface area contributed by atoms with Crippen molar-refractivity contribution in [2.45, 2.75) is 39.5 Å². The molecular weight excluding hydrogens is 242 g/mol. The van der Waals surface area contributed by atoms with Crippen LogP contribution in [0.25, 0.3) is 0 Å². The van der Waals surface area contributed by atoms with Gasteiger partial charge in [-0.2, -0.15) is 0 Å². The maximum absolute atomic E-state index is 11.3. The highest BCUT2D eigenvalue weighted by Crippen LogP contribution is 2.22. The minimum atomic E-state index is -0.956. The van der Waals surface area contributed by atoms with E-state index in [1.165, 1.54) is 6.07 Å². The highest BCUT2D eigenvalue weighted by atomic mass is 16.4. The molecule has 0 unspecified atom stereocenters. The minimum Gasteiger partial charge on any atom is -0.478 e. The Balaban J connectivity index is 3.02. The zero-order chi connectivity index (χ0) is 14.3. The van der Waals surface area contributed by atoms with Gasteiger partial charge in [-0.15, -0.1) is 0 Å². The second-order valence-electron chi connectivity index (χ2n) is 4.63. The number of hydrogen-bond donors (Lipinski definition) is 2. The molecule has 0 fully saturated rings. The van der Waals surface area contributed by atoms with E-state index in [0.717, 1.165) is 38.8 Å². The van der Waals surface area contributed by atoms with Crippen LogP contribution in [-0.4, -0.2) is 29.1 Å². The van der Waals surface area contributed by atoms with Crippen molar-refractivity contribution in [2.75, 3.05) is 23.7 Å². The van der Waals surface area contributed by atoms with Crippen molar-refractivity contribution < 1.29 is 9.90 Å². The van der Waals surface area contributed by atoms with Gasteiger partial charge in [-0.05, 0) is 18.9 Å². The summed E-state index contributed by atoms with van der Waals surface area (Å²) >= 11 is 0. The topological polar surface area (TPSA) is 79.5 Å². The molecule has 1 heterocycles. The number of nitrogens with zero attached hydrogens (tertiary/aromatic N) is 2. The van der Waals surface area contributed by atoms with Gasteiger partial charge < -0.3 is 15.7 Å². The van der Waals surface area contributed by atoms with E-state index in [1.807, 2.05) is 0 Å². The van der Waals surface area contributed by atoms with E-state index in [9.17, 15) is 9.90 Å². The molecule has 0 aliphatic carbocycles. The molecular formula is C14H23N3O2. The summed E-state index contributed by atoms with van der Waals surface area (Å²) in [5.41, 5.74) is 6.48. The van der Waals surface area contributed by atoms with Crippen molar-refractivity contribution in [3.63, 3.8) is 0 Å². The molecule has 106 valence electrons. The molecule has 0 atom stereocenters. The van der Waals surface area contributed by atoms with E-state index in [2.05, 4.69) is 23.7 Å². The van der Waals surface area contributed by atoms with Crippen molar-refractivity contribution >= 4 is 17.5 Å². The number of pyridine rings is 1. The van der Waals surface area contributed by atoms with Gasteiger partial charge in [0.25, 0.3) is 0 Å². The Hall–Kier alpha value is -1.78. The highest BCUT2D eigenvalue weighted by molar-refractivity contribution is 5.95. The van der Waals surface area contributed by atoms with Crippen LogP contribution in [0.4, 0.5) is 11.5 Å². The van der Waals surface area contributed by atoms with Crippen LogP contribution in [0.2, 0.25) is 0 Å². The number of carboxylic acids is 1. The minimum absolute atomic E-state index is 0.236. The Morgan fingerprint density at radius 2 is 1.89 bits per heavy atom. The first-order valence-corrected chi connectivity index (χ1v) is 6.83. The van der Waals surface area contributed by atoms with Crippen LogP contribution in [0.1, 0.15) is 49.9 Å². The largest absolute Gasteiger partial charge is 0.478 e. The first-order chi connectivity index (χ1) is 9.10. The van der Waals surface area contributed by atoms with Crippen LogP contribution >= 0.6 is 0 Å². The van der Waals surface area contributed by atoms with Crippen molar-refractivity contribution in [3.05, 3.63) is 17.8 Å². The molecule has 0 radical (unpaired) electrons. The summed E-state index contributed by atoms with van der Waals surface area (Å²) in [6.45, 7) is 5.94. The van der Waals surface area contributed by atoms with E-state index >= 15 is 0 Å². The third-order valence-electron chi connectivity index (χ3n) is 3.04. The van der Waals surface area contributed by atoms with Gasteiger partial charge >= 0.3 is 5.97 Å². The Kier molecular flexibility index (Phi) is 6.12. The molecule has 0 aliphatic rings. The normalized spacial score (nSPS) is 10.4. The quantitative estimate of drug-likeness (QED) is 0.755. The highest BCUT2D eigenvalue weighted by Gasteiger charge is 2.16. The summed E-state index contributed by atoms with van der Waals surface area (Å²) in [4.78, 5) is 17.4. The fourth-order valence-electron chi connectivity index (χ4n) is 1.94. The summed E-state index contributed by atoms with van der Waals surface area (Å²) in [5.74, 6) is -0.714. The number of aromatic carboxylic acids is 1. The molecule has 0 saturated heterocycles. The number of nitrogen functional groups attached to an aromatic ring is 1. The van der Waals surface area contributed by atoms with E-state index in [4.69, 9.17) is 5.73 Å². The number of hydrogen-bond acceptors (Lipinski definition) is 4. The average molecular weight is 265 g/mol. The number of rotatable bonds is 8. The summed E-state index contributed by atoms with van der Waals surface area (Å²) in [5, 5.41) is 9.28. The smallest absolute Gasteiger partial charge is 0.338 e. The molecule has 5 nitrogen and oxygen atoms in total. The van der Waals surface area contributed by atoms with Crippen molar-refractivity contribution in [1.29, 1.82) is 0 Å². The maximum Gasteiger partial charge on any atom is 0.338 e. The van der Waals surface area contributed by atoms with E-state index in [-0.39, 0.29) is 11.4 Å². The first-order valence-electron chi connectivity index (χ1n) is 6.83.